The summed E-state index contributed by atoms with van der Waals surface area (Å²) in [5.74, 6) is -0.443. The van der Waals surface area contributed by atoms with Gasteiger partial charge in [-0.3, -0.25) is 4.79 Å². The Morgan fingerprint density at radius 3 is 2.67 bits per heavy atom. The molecule has 0 aliphatic rings. The van der Waals surface area contributed by atoms with E-state index in [1.54, 1.807) is 0 Å². The highest BCUT2D eigenvalue weighted by atomic mass is 35.5. The first kappa shape index (κ1) is 24.7. The maximum atomic E-state index is 13.9. The molecule has 1 amide bonds. The van der Waals surface area contributed by atoms with Crippen molar-refractivity contribution >= 4 is 56.7 Å². The molecular weight excluding hydrogens is 474 g/mol. The second-order valence-corrected chi connectivity index (χ2v) is 9.60. The number of rotatable bonds is 11. The van der Waals surface area contributed by atoms with Crippen molar-refractivity contribution in [3.63, 3.8) is 0 Å². The molecule has 0 saturated heterocycles. The summed E-state index contributed by atoms with van der Waals surface area (Å²) in [5.41, 5.74) is 0. The Labute approximate surface area is 189 Å². The topological polar surface area (TPSA) is 100 Å². The predicted molar refractivity (Wildman–Crippen MR) is 119 cm³/mol. The molecule has 2 rings (SSSR count). The molecule has 0 spiro atoms. The molecule has 0 bridgehead atoms. The molecule has 1 unspecified atom stereocenters. The Balaban J connectivity index is 1.96. The summed E-state index contributed by atoms with van der Waals surface area (Å²) in [5, 5.41) is 6.34. The Hall–Kier alpha value is -1.59. The molecular formula is C18H21Cl2FN4O3S2. The number of carbonyl (C=O) groups excluding carboxylic acids is 1. The summed E-state index contributed by atoms with van der Waals surface area (Å²) in [6.45, 7) is 0.492. The smallest absolute Gasteiger partial charge is 0.244 e. The van der Waals surface area contributed by atoms with E-state index in [9.17, 15) is 17.6 Å². The summed E-state index contributed by atoms with van der Waals surface area (Å²) in [6.07, 6.45) is 3.52. The first-order valence-electron chi connectivity index (χ1n) is 8.83. The number of hydrogen-bond donors (Lipinski definition) is 3. The van der Waals surface area contributed by atoms with E-state index in [0.717, 1.165) is 12.1 Å². The molecule has 3 N–H and O–H groups in total. The summed E-state index contributed by atoms with van der Waals surface area (Å²) in [7, 11) is -4.20. The summed E-state index contributed by atoms with van der Waals surface area (Å²) in [6, 6.07) is 5.49. The Kier molecular flexibility index (Phi) is 9.63. The minimum absolute atomic E-state index is 0.191. The molecule has 12 heteroatoms. The average Bonchev–Trinajstić information content (AvgIpc) is 2.69. The van der Waals surface area contributed by atoms with Gasteiger partial charge in [-0.15, -0.1) is 0 Å². The Morgan fingerprint density at radius 1 is 1.27 bits per heavy atom. The lowest BCUT2D eigenvalue weighted by atomic mass is 10.2. The highest BCUT2D eigenvalue weighted by Crippen LogP contribution is 2.22. The van der Waals surface area contributed by atoms with Gasteiger partial charge in [-0.25, -0.2) is 17.8 Å². The molecule has 1 aromatic heterocycles. The van der Waals surface area contributed by atoms with Crippen LogP contribution < -0.4 is 15.4 Å². The van der Waals surface area contributed by atoms with Gasteiger partial charge in [0, 0.05) is 19.3 Å². The first-order valence-corrected chi connectivity index (χ1v) is 12.5. The summed E-state index contributed by atoms with van der Waals surface area (Å²) < 4.78 is 41.3. The molecule has 7 nitrogen and oxygen atoms in total. The second-order valence-electron chi connectivity index (χ2n) is 6.09. The van der Waals surface area contributed by atoms with Gasteiger partial charge in [0.1, 0.15) is 22.6 Å². The number of benzene rings is 1. The normalized spacial score (nSPS) is 12.4. The number of amides is 1. The van der Waals surface area contributed by atoms with Gasteiger partial charge in [0.05, 0.1) is 10.0 Å². The van der Waals surface area contributed by atoms with Crippen LogP contribution in [0.25, 0.3) is 0 Å². The van der Waals surface area contributed by atoms with Crippen LogP contribution in [0.3, 0.4) is 0 Å². The van der Waals surface area contributed by atoms with E-state index in [2.05, 4.69) is 20.3 Å². The van der Waals surface area contributed by atoms with Crippen LogP contribution in [0.4, 0.5) is 10.2 Å². The van der Waals surface area contributed by atoms with Crippen LogP contribution >= 0.6 is 35.0 Å². The number of halogens is 3. The maximum absolute atomic E-state index is 13.9. The zero-order valence-corrected chi connectivity index (χ0v) is 19.1. The number of aromatic nitrogens is 1. The maximum Gasteiger partial charge on any atom is 0.244 e. The van der Waals surface area contributed by atoms with E-state index in [4.69, 9.17) is 23.2 Å². The quantitative estimate of drug-likeness (QED) is 0.414. The van der Waals surface area contributed by atoms with Gasteiger partial charge in [-0.1, -0.05) is 35.3 Å². The molecule has 0 aliphatic carbocycles. The molecule has 1 aromatic carbocycles. The molecule has 1 heterocycles. The number of sulfonamides is 1. The third-order valence-electron chi connectivity index (χ3n) is 3.88. The van der Waals surface area contributed by atoms with Crippen LogP contribution in [0.2, 0.25) is 10.0 Å². The highest BCUT2D eigenvalue weighted by Gasteiger charge is 2.27. The van der Waals surface area contributed by atoms with E-state index in [0.29, 0.717) is 28.2 Å². The van der Waals surface area contributed by atoms with Gasteiger partial charge in [0.25, 0.3) is 0 Å². The Morgan fingerprint density at radius 2 is 2.00 bits per heavy atom. The number of thioether (sulfide) groups is 1. The molecule has 0 radical (unpaired) electrons. The fourth-order valence-corrected chi connectivity index (χ4v) is 4.65. The van der Waals surface area contributed by atoms with E-state index >= 15 is 0 Å². The van der Waals surface area contributed by atoms with E-state index in [1.165, 1.54) is 36.2 Å². The number of pyridine rings is 1. The van der Waals surface area contributed by atoms with Crippen LogP contribution in [-0.4, -0.2) is 50.4 Å². The van der Waals surface area contributed by atoms with Gasteiger partial charge >= 0.3 is 0 Å². The lowest BCUT2D eigenvalue weighted by molar-refractivity contribution is -0.122. The van der Waals surface area contributed by atoms with Crippen LogP contribution in [0.1, 0.15) is 6.42 Å². The number of hydrogen-bond acceptors (Lipinski definition) is 6. The fourth-order valence-electron chi connectivity index (χ4n) is 2.43. The summed E-state index contributed by atoms with van der Waals surface area (Å²) >= 11 is 13.3. The lowest BCUT2D eigenvalue weighted by Crippen LogP contribution is -2.48. The predicted octanol–water partition coefficient (Wildman–Crippen LogP) is 3.16. The largest absolute Gasteiger partial charge is 0.367 e. The van der Waals surface area contributed by atoms with E-state index < -0.39 is 32.7 Å². The van der Waals surface area contributed by atoms with Crippen LogP contribution in [0.5, 0.6) is 0 Å². The second kappa shape index (κ2) is 11.7. The zero-order valence-electron chi connectivity index (χ0n) is 16.0. The molecule has 0 aliphatic heterocycles. The van der Waals surface area contributed by atoms with Crippen molar-refractivity contribution in [2.45, 2.75) is 17.4 Å². The van der Waals surface area contributed by atoms with E-state index in [-0.39, 0.29) is 13.0 Å². The third kappa shape index (κ3) is 7.28. The molecule has 2 aromatic rings. The van der Waals surface area contributed by atoms with E-state index in [1.807, 2.05) is 6.26 Å². The van der Waals surface area contributed by atoms with Crippen molar-refractivity contribution in [2.24, 2.45) is 0 Å². The molecule has 0 saturated carbocycles. The first-order chi connectivity index (χ1) is 14.2. The van der Waals surface area contributed by atoms with Crippen LogP contribution in [0.15, 0.2) is 41.4 Å². The minimum Gasteiger partial charge on any atom is -0.367 e. The van der Waals surface area contributed by atoms with Crippen molar-refractivity contribution in [2.75, 3.05) is 30.4 Å². The van der Waals surface area contributed by atoms with Crippen LogP contribution in [-0.2, 0) is 14.8 Å². The van der Waals surface area contributed by atoms with Gasteiger partial charge in [0.2, 0.25) is 15.9 Å². The third-order valence-corrected chi connectivity index (χ3v) is 6.52. The molecule has 164 valence electrons. The van der Waals surface area contributed by atoms with Crippen molar-refractivity contribution in [1.29, 1.82) is 0 Å². The van der Waals surface area contributed by atoms with Gasteiger partial charge < -0.3 is 10.6 Å². The number of carbonyl (C=O) groups is 1. The Bertz CT molecular complexity index is 980. The SMILES string of the molecule is CSCCC(NS(=O)(=O)c1ccccc1F)C(=O)NCCNc1ncc(Cl)cc1Cl. The monoisotopic (exact) mass is 494 g/mol. The molecule has 1 atom stereocenters. The minimum atomic E-state index is -4.20. The number of nitrogens with zero attached hydrogens (tertiary/aromatic N) is 1. The van der Waals surface area contributed by atoms with Crippen molar-refractivity contribution in [3.8, 4) is 0 Å². The fraction of sp³-hybridized carbons (Fsp3) is 0.333. The van der Waals surface area contributed by atoms with Crippen molar-refractivity contribution in [1.82, 2.24) is 15.0 Å². The zero-order chi connectivity index (χ0) is 22.1. The van der Waals surface area contributed by atoms with Gasteiger partial charge in [0.15, 0.2) is 0 Å². The van der Waals surface area contributed by atoms with Gasteiger partial charge in [-0.05, 0) is 36.6 Å². The number of anilines is 1. The van der Waals surface area contributed by atoms with Crippen LogP contribution in [0, 0.1) is 5.82 Å². The van der Waals surface area contributed by atoms with Crippen molar-refractivity contribution in [3.05, 3.63) is 52.4 Å². The highest BCUT2D eigenvalue weighted by molar-refractivity contribution is 7.98. The van der Waals surface area contributed by atoms with Crippen molar-refractivity contribution < 1.29 is 17.6 Å². The lowest BCUT2D eigenvalue weighted by Gasteiger charge is -2.18. The molecule has 30 heavy (non-hydrogen) atoms. The molecule has 0 fully saturated rings. The number of nitrogens with one attached hydrogen (secondary N) is 3. The average molecular weight is 495 g/mol. The summed E-state index contributed by atoms with van der Waals surface area (Å²) in [4.78, 5) is 16.1. The standard InChI is InChI=1S/C18H21Cl2FN4O3S2/c1-29-9-6-15(25-30(27,28)16-5-3-2-4-14(16)21)18(26)23-8-7-22-17-13(20)10-12(19)11-24-17/h2-5,10-11,15,25H,6-9H2,1H3,(H,22,24)(H,23,26). The van der Waals surface area contributed by atoms with Gasteiger partial charge in [-0.2, -0.15) is 16.5 Å².